The van der Waals surface area contributed by atoms with Crippen LogP contribution in [0.1, 0.15) is 20.3 Å². The van der Waals surface area contributed by atoms with E-state index in [1.807, 2.05) is 13.8 Å². The molecule has 0 fully saturated rings. The second-order valence-corrected chi connectivity index (χ2v) is 5.17. The van der Waals surface area contributed by atoms with E-state index < -0.39 is 12.1 Å². The molecule has 0 aliphatic carbocycles. The smallest absolute Gasteiger partial charge is 0.346 e. The zero-order valence-corrected chi connectivity index (χ0v) is 12.4. The maximum absolute atomic E-state index is 12.6. The molecule has 2 amide bonds. The molecule has 1 aromatic rings. The maximum atomic E-state index is 12.6. The van der Waals surface area contributed by atoms with Crippen LogP contribution in [0.5, 0.6) is 5.75 Å². The Labute approximate surface area is 123 Å². The second kappa shape index (κ2) is 6.03. The van der Waals surface area contributed by atoms with Gasteiger partial charge in [-0.15, -0.1) is 0 Å². The van der Waals surface area contributed by atoms with Crippen LogP contribution in [0.3, 0.4) is 0 Å². The number of ether oxygens (including phenoxy) is 1. The molecule has 0 saturated carbocycles. The standard InChI is InChI=1S/C15H20N2O4/c1-4-10(2)16(3)15(20)17-9-13(14(18)19)21-12-8-6-5-7-11(12)17/h5-8,10,13H,4,9H2,1-3H3,(H,18,19). The van der Waals surface area contributed by atoms with E-state index in [9.17, 15) is 14.7 Å². The van der Waals surface area contributed by atoms with Crippen LogP contribution in [0.25, 0.3) is 0 Å². The third-order valence-electron chi connectivity index (χ3n) is 3.83. The van der Waals surface area contributed by atoms with Crippen molar-refractivity contribution in [3.63, 3.8) is 0 Å². The summed E-state index contributed by atoms with van der Waals surface area (Å²) in [6.07, 6.45) is -0.217. The Morgan fingerprint density at radius 3 is 2.76 bits per heavy atom. The van der Waals surface area contributed by atoms with Crippen LogP contribution in [0.15, 0.2) is 24.3 Å². The molecular weight excluding hydrogens is 272 g/mol. The second-order valence-electron chi connectivity index (χ2n) is 5.17. The molecular formula is C15H20N2O4. The van der Waals surface area contributed by atoms with E-state index in [2.05, 4.69) is 0 Å². The Hall–Kier alpha value is -2.24. The summed E-state index contributed by atoms with van der Waals surface area (Å²) in [7, 11) is 1.73. The first-order chi connectivity index (χ1) is 9.95. The minimum absolute atomic E-state index is 0.00591. The molecule has 6 heteroatoms. The summed E-state index contributed by atoms with van der Waals surface area (Å²) in [5, 5.41) is 9.18. The van der Waals surface area contributed by atoms with E-state index in [1.165, 1.54) is 4.90 Å². The summed E-state index contributed by atoms with van der Waals surface area (Å²) in [6, 6.07) is 6.85. The normalized spacial score (nSPS) is 18.4. The van der Waals surface area contributed by atoms with Crippen molar-refractivity contribution in [1.29, 1.82) is 0 Å². The fourth-order valence-electron chi connectivity index (χ4n) is 2.20. The highest BCUT2D eigenvalue weighted by molar-refractivity contribution is 5.95. The van der Waals surface area contributed by atoms with Gasteiger partial charge >= 0.3 is 12.0 Å². The molecule has 2 atom stereocenters. The minimum atomic E-state index is -1.08. The summed E-state index contributed by atoms with van der Waals surface area (Å²) in [5.74, 6) is -0.657. The quantitative estimate of drug-likeness (QED) is 0.927. The molecule has 21 heavy (non-hydrogen) atoms. The monoisotopic (exact) mass is 292 g/mol. The third-order valence-corrected chi connectivity index (χ3v) is 3.83. The van der Waals surface area contributed by atoms with E-state index in [4.69, 9.17) is 4.74 Å². The number of hydrogen-bond donors (Lipinski definition) is 1. The van der Waals surface area contributed by atoms with Crippen LogP contribution in [-0.2, 0) is 4.79 Å². The van der Waals surface area contributed by atoms with E-state index in [0.29, 0.717) is 11.4 Å². The van der Waals surface area contributed by atoms with Crippen molar-refractivity contribution >= 4 is 17.7 Å². The highest BCUT2D eigenvalue weighted by atomic mass is 16.5. The molecule has 1 aliphatic rings. The summed E-state index contributed by atoms with van der Waals surface area (Å²) >= 11 is 0. The van der Waals surface area contributed by atoms with Crippen molar-refractivity contribution < 1.29 is 19.4 Å². The fraction of sp³-hybridized carbons (Fsp3) is 0.467. The Balaban J connectivity index is 2.33. The number of carbonyl (C=O) groups is 2. The molecule has 2 rings (SSSR count). The van der Waals surface area contributed by atoms with Gasteiger partial charge in [-0.05, 0) is 25.5 Å². The van der Waals surface area contributed by atoms with Gasteiger partial charge in [0, 0.05) is 13.1 Å². The Morgan fingerprint density at radius 2 is 2.14 bits per heavy atom. The number of para-hydroxylation sites is 2. The molecule has 1 N–H and O–H groups in total. The van der Waals surface area contributed by atoms with Crippen molar-refractivity contribution in [2.75, 3.05) is 18.5 Å². The number of aliphatic carboxylic acids is 1. The number of nitrogens with zero attached hydrogens (tertiary/aromatic N) is 2. The van der Waals surface area contributed by atoms with Gasteiger partial charge in [-0.3, -0.25) is 4.90 Å². The van der Waals surface area contributed by atoms with Gasteiger partial charge in [0.25, 0.3) is 0 Å². The first kappa shape index (κ1) is 15.2. The van der Waals surface area contributed by atoms with Crippen LogP contribution in [0.2, 0.25) is 0 Å². The number of carboxylic acids is 1. The molecule has 2 unspecified atom stereocenters. The van der Waals surface area contributed by atoms with Gasteiger partial charge in [0.2, 0.25) is 6.10 Å². The highest BCUT2D eigenvalue weighted by Crippen LogP contribution is 2.33. The number of hydrogen-bond acceptors (Lipinski definition) is 3. The summed E-state index contributed by atoms with van der Waals surface area (Å²) in [6.45, 7) is 3.96. The van der Waals surface area contributed by atoms with Crippen molar-refractivity contribution in [3.8, 4) is 5.75 Å². The van der Waals surface area contributed by atoms with E-state index >= 15 is 0 Å². The Morgan fingerprint density at radius 1 is 1.48 bits per heavy atom. The fourth-order valence-corrected chi connectivity index (χ4v) is 2.20. The Kier molecular flexibility index (Phi) is 4.35. The van der Waals surface area contributed by atoms with E-state index in [-0.39, 0.29) is 18.6 Å². The van der Waals surface area contributed by atoms with E-state index in [1.54, 1.807) is 36.2 Å². The van der Waals surface area contributed by atoms with Crippen molar-refractivity contribution in [3.05, 3.63) is 24.3 Å². The molecule has 6 nitrogen and oxygen atoms in total. The average Bonchev–Trinajstić information content (AvgIpc) is 2.51. The number of carbonyl (C=O) groups excluding carboxylic acids is 1. The zero-order valence-electron chi connectivity index (χ0n) is 12.4. The first-order valence-corrected chi connectivity index (χ1v) is 6.98. The van der Waals surface area contributed by atoms with Crippen LogP contribution in [0, 0.1) is 0 Å². The number of urea groups is 1. The lowest BCUT2D eigenvalue weighted by Gasteiger charge is -2.36. The van der Waals surface area contributed by atoms with Gasteiger partial charge < -0.3 is 14.7 Å². The molecule has 0 saturated heterocycles. The predicted molar refractivity (Wildman–Crippen MR) is 78.8 cm³/mol. The lowest BCUT2D eigenvalue weighted by Crippen LogP contribution is -2.52. The molecule has 0 radical (unpaired) electrons. The van der Waals surface area contributed by atoms with Crippen molar-refractivity contribution in [1.82, 2.24) is 4.90 Å². The number of fused-ring (bicyclic) bond motifs is 1. The Bertz CT molecular complexity index is 546. The maximum Gasteiger partial charge on any atom is 0.346 e. The molecule has 0 spiro atoms. The van der Waals surface area contributed by atoms with Gasteiger partial charge in [-0.1, -0.05) is 19.1 Å². The van der Waals surface area contributed by atoms with Crippen molar-refractivity contribution in [2.24, 2.45) is 0 Å². The van der Waals surface area contributed by atoms with Crippen LogP contribution < -0.4 is 9.64 Å². The minimum Gasteiger partial charge on any atom is -0.478 e. The van der Waals surface area contributed by atoms with Gasteiger partial charge in [0.1, 0.15) is 5.75 Å². The van der Waals surface area contributed by atoms with Gasteiger partial charge in [0.05, 0.1) is 12.2 Å². The predicted octanol–water partition coefficient (Wildman–Crippen LogP) is 2.19. The number of amides is 2. The lowest BCUT2D eigenvalue weighted by molar-refractivity contribution is -0.144. The topological polar surface area (TPSA) is 70.1 Å². The van der Waals surface area contributed by atoms with Gasteiger partial charge in [0.15, 0.2) is 0 Å². The molecule has 0 aromatic heterocycles. The summed E-state index contributed by atoms with van der Waals surface area (Å²) in [4.78, 5) is 27.0. The average molecular weight is 292 g/mol. The van der Waals surface area contributed by atoms with Crippen LogP contribution in [0.4, 0.5) is 10.5 Å². The first-order valence-electron chi connectivity index (χ1n) is 6.98. The third kappa shape index (κ3) is 2.94. The van der Waals surface area contributed by atoms with Crippen LogP contribution >= 0.6 is 0 Å². The molecule has 114 valence electrons. The van der Waals surface area contributed by atoms with Crippen molar-refractivity contribution in [2.45, 2.75) is 32.4 Å². The van der Waals surface area contributed by atoms with Crippen LogP contribution in [-0.4, -0.2) is 47.7 Å². The highest BCUT2D eigenvalue weighted by Gasteiger charge is 2.35. The lowest BCUT2D eigenvalue weighted by atomic mass is 10.2. The SMILES string of the molecule is CCC(C)N(C)C(=O)N1CC(C(=O)O)Oc2ccccc21. The molecule has 1 aromatic carbocycles. The van der Waals surface area contributed by atoms with Gasteiger partial charge in [-0.25, -0.2) is 9.59 Å². The summed E-state index contributed by atoms with van der Waals surface area (Å²) < 4.78 is 5.43. The zero-order chi connectivity index (χ0) is 15.6. The number of benzene rings is 1. The van der Waals surface area contributed by atoms with Gasteiger partial charge in [-0.2, -0.15) is 0 Å². The molecule has 0 bridgehead atoms. The van der Waals surface area contributed by atoms with E-state index in [0.717, 1.165) is 6.42 Å². The molecule has 1 heterocycles. The number of carboxylic acid groups (broad SMARTS) is 1. The summed E-state index contributed by atoms with van der Waals surface area (Å²) in [5.41, 5.74) is 0.607. The largest absolute Gasteiger partial charge is 0.478 e. The number of anilines is 1. The number of rotatable bonds is 3. The molecule has 1 aliphatic heterocycles.